The normalized spacial score (nSPS) is 26.7. The van der Waals surface area contributed by atoms with Gasteiger partial charge in [0.25, 0.3) is 0 Å². The van der Waals surface area contributed by atoms with Crippen LogP contribution in [0, 0.1) is 24.1 Å². The number of aliphatic hydroxyl groups is 1. The Kier molecular flexibility index (Phi) is 4.62. The van der Waals surface area contributed by atoms with E-state index in [1.165, 1.54) is 18.6 Å². The van der Waals surface area contributed by atoms with Gasteiger partial charge in [-0.1, -0.05) is 33.6 Å². The third-order valence-electron chi connectivity index (χ3n) is 4.80. The first kappa shape index (κ1) is 16.3. The van der Waals surface area contributed by atoms with Crippen LogP contribution in [0.3, 0.4) is 0 Å². The summed E-state index contributed by atoms with van der Waals surface area (Å²) in [5.41, 5.74) is 1.43. The molecule has 1 aliphatic carbocycles. The third-order valence-corrected chi connectivity index (χ3v) is 4.80. The summed E-state index contributed by atoms with van der Waals surface area (Å²) in [4.78, 5) is 0. The Morgan fingerprint density at radius 2 is 2.00 bits per heavy atom. The molecular weight excluding hydrogens is 265 g/mol. The molecule has 2 rings (SSSR count). The Morgan fingerprint density at radius 3 is 2.57 bits per heavy atom. The summed E-state index contributed by atoms with van der Waals surface area (Å²) < 4.78 is 13.6. The summed E-state index contributed by atoms with van der Waals surface area (Å²) in [6.07, 6.45) is 4.34. The minimum absolute atomic E-state index is 0.0878. The van der Waals surface area contributed by atoms with E-state index in [1.807, 2.05) is 13.0 Å². The van der Waals surface area contributed by atoms with Crippen molar-refractivity contribution in [3.05, 3.63) is 29.6 Å². The summed E-state index contributed by atoms with van der Waals surface area (Å²) in [5.74, 6) is 0.140. The summed E-state index contributed by atoms with van der Waals surface area (Å²) in [6.45, 7) is 8.66. The number of anilines is 1. The Balaban J connectivity index is 2.34. The van der Waals surface area contributed by atoms with Crippen LogP contribution < -0.4 is 5.32 Å². The van der Waals surface area contributed by atoms with E-state index < -0.39 is 0 Å². The molecule has 1 saturated carbocycles. The fourth-order valence-corrected chi connectivity index (χ4v) is 3.98. The fourth-order valence-electron chi connectivity index (χ4n) is 3.98. The van der Waals surface area contributed by atoms with Gasteiger partial charge in [-0.2, -0.15) is 0 Å². The number of benzene rings is 1. The number of hydrogen-bond acceptors (Lipinski definition) is 2. The average molecular weight is 293 g/mol. The lowest BCUT2D eigenvalue weighted by molar-refractivity contribution is 0.0484. The van der Waals surface area contributed by atoms with Crippen molar-refractivity contribution in [3.63, 3.8) is 0 Å². The lowest BCUT2D eigenvalue weighted by Gasteiger charge is -2.50. The lowest BCUT2D eigenvalue weighted by atomic mass is 9.62. The SMILES string of the molecule is Cc1cc(F)cc(NC2(CO)CCCCC2C(C)(C)C)c1. The quantitative estimate of drug-likeness (QED) is 0.859. The number of aliphatic hydroxyl groups excluding tert-OH is 1. The summed E-state index contributed by atoms with van der Waals surface area (Å²) in [7, 11) is 0. The van der Waals surface area contributed by atoms with Crippen LogP contribution in [-0.4, -0.2) is 17.3 Å². The molecule has 2 unspecified atom stereocenters. The zero-order valence-electron chi connectivity index (χ0n) is 13.7. The standard InChI is InChI=1S/C18H28FNO/c1-13-9-14(19)11-15(10-13)20-18(12-21)8-6-5-7-16(18)17(2,3)4/h9-11,16,20-21H,5-8,12H2,1-4H3. The first-order valence-corrected chi connectivity index (χ1v) is 7.93. The monoisotopic (exact) mass is 293 g/mol. The van der Waals surface area contributed by atoms with E-state index in [1.54, 1.807) is 0 Å². The van der Waals surface area contributed by atoms with Crippen LogP contribution in [0.4, 0.5) is 10.1 Å². The van der Waals surface area contributed by atoms with Crippen molar-refractivity contribution in [1.29, 1.82) is 0 Å². The molecule has 3 heteroatoms. The Morgan fingerprint density at radius 1 is 1.29 bits per heavy atom. The van der Waals surface area contributed by atoms with Gasteiger partial charge in [-0.05, 0) is 54.9 Å². The van der Waals surface area contributed by atoms with Crippen LogP contribution in [0.5, 0.6) is 0 Å². The van der Waals surface area contributed by atoms with Gasteiger partial charge in [0.1, 0.15) is 5.82 Å². The van der Waals surface area contributed by atoms with Crippen LogP contribution >= 0.6 is 0 Å². The molecule has 0 spiro atoms. The zero-order valence-corrected chi connectivity index (χ0v) is 13.7. The van der Waals surface area contributed by atoms with Gasteiger partial charge in [-0.25, -0.2) is 4.39 Å². The molecule has 0 saturated heterocycles. The van der Waals surface area contributed by atoms with E-state index in [4.69, 9.17) is 0 Å². The Hall–Kier alpha value is -1.09. The van der Waals surface area contributed by atoms with E-state index in [2.05, 4.69) is 26.1 Å². The highest BCUT2D eigenvalue weighted by Crippen LogP contribution is 2.45. The highest BCUT2D eigenvalue weighted by atomic mass is 19.1. The minimum atomic E-state index is -0.350. The van der Waals surface area contributed by atoms with Gasteiger partial charge in [-0.3, -0.25) is 0 Å². The highest BCUT2D eigenvalue weighted by Gasteiger charge is 2.45. The summed E-state index contributed by atoms with van der Waals surface area (Å²) >= 11 is 0. The average Bonchev–Trinajstić information content (AvgIpc) is 2.36. The number of halogens is 1. The van der Waals surface area contributed by atoms with Crippen molar-refractivity contribution in [2.75, 3.05) is 11.9 Å². The molecule has 118 valence electrons. The Bertz CT molecular complexity index is 474. The molecular formula is C18H28FNO. The lowest BCUT2D eigenvalue weighted by Crippen LogP contribution is -2.55. The van der Waals surface area contributed by atoms with Gasteiger partial charge >= 0.3 is 0 Å². The molecule has 1 aromatic rings. The maximum absolute atomic E-state index is 13.6. The molecule has 0 heterocycles. The molecule has 0 amide bonds. The number of rotatable bonds is 3. The zero-order chi connectivity index (χ0) is 15.7. The smallest absolute Gasteiger partial charge is 0.125 e. The maximum Gasteiger partial charge on any atom is 0.125 e. The van der Waals surface area contributed by atoms with E-state index in [9.17, 15) is 9.50 Å². The largest absolute Gasteiger partial charge is 0.394 e. The van der Waals surface area contributed by atoms with Crippen molar-refractivity contribution >= 4 is 5.69 Å². The van der Waals surface area contributed by atoms with E-state index in [0.29, 0.717) is 5.92 Å². The molecule has 0 radical (unpaired) electrons. The minimum Gasteiger partial charge on any atom is -0.394 e. The van der Waals surface area contributed by atoms with E-state index in [-0.39, 0.29) is 23.4 Å². The molecule has 0 aromatic heterocycles. The maximum atomic E-state index is 13.6. The molecule has 2 nitrogen and oxygen atoms in total. The second kappa shape index (κ2) is 5.96. The van der Waals surface area contributed by atoms with Crippen LogP contribution in [0.1, 0.15) is 52.0 Å². The van der Waals surface area contributed by atoms with E-state index >= 15 is 0 Å². The number of hydrogen-bond donors (Lipinski definition) is 2. The first-order valence-electron chi connectivity index (χ1n) is 7.93. The molecule has 1 aromatic carbocycles. The van der Waals surface area contributed by atoms with E-state index in [0.717, 1.165) is 30.5 Å². The van der Waals surface area contributed by atoms with Crippen LogP contribution in [-0.2, 0) is 0 Å². The molecule has 0 aliphatic heterocycles. The highest BCUT2D eigenvalue weighted by molar-refractivity contribution is 5.49. The second-order valence-electron chi connectivity index (χ2n) is 7.62. The van der Waals surface area contributed by atoms with Gasteiger partial charge in [-0.15, -0.1) is 0 Å². The number of nitrogens with one attached hydrogen (secondary N) is 1. The fraction of sp³-hybridized carbons (Fsp3) is 0.667. The topological polar surface area (TPSA) is 32.3 Å². The molecule has 21 heavy (non-hydrogen) atoms. The van der Waals surface area contributed by atoms with Crippen LogP contribution in [0.15, 0.2) is 18.2 Å². The molecule has 1 aliphatic rings. The van der Waals surface area contributed by atoms with Crippen LogP contribution in [0.25, 0.3) is 0 Å². The van der Waals surface area contributed by atoms with Gasteiger partial charge in [0.05, 0.1) is 12.1 Å². The van der Waals surface area contributed by atoms with Crippen LogP contribution in [0.2, 0.25) is 0 Å². The second-order valence-corrected chi connectivity index (χ2v) is 7.62. The van der Waals surface area contributed by atoms with Crippen molar-refractivity contribution in [1.82, 2.24) is 0 Å². The summed E-state index contributed by atoms with van der Waals surface area (Å²) in [5, 5.41) is 13.6. The number of aryl methyl sites for hydroxylation is 1. The van der Waals surface area contributed by atoms with Gasteiger partial charge in [0, 0.05) is 5.69 Å². The van der Waals surface area contributed by atoms with Gasteiger partial charge in [0.15, 0.2) is 0 Å². The van der Waals surface area contributed by atoms with Crippen molar-refractivity contribution in [3.8, 4) is 0 Å². The van der Waals surface area contributed by atoms with Gasteiger partial charge < -0.3 is 10.4 Å². The third kappa shape index (κ3) is 3.57. The van der Waals surface area contributed by atoms with Gasteiger partial charge in [0.2, 0.25) is 0 Å². The predicted octanol–water partition coefficient (Wildman–Crippen LogP) is 4.51. The molecule has 0 bridgehead atoms. The van der Waals surface area contributed by atoms with Crippen molar-refractivity contribution < 1.29 is 9.50 Å². The first-order chi connectivity index (χ1) is 9.77. The molecule has 2 atom stereocenters. The molecule has 2 N–H and O–H groups in total. The Labute approximate surface area is 127 Å². The molecule has 1 fully saturated rings. The predicted molar refractivity (Wildman–Crippen MR) is 86.0 cm³/mol. The van der Waals surface area contributed by atoms with Crippen molar-refractivity contribution in [2.45, 2.75) is 58.9 Å². The summed E-state index contributed by atoms with van der Waals surface area (Å²) in [6, 6.07) is 5.01. The van der Waals surface area contributed by atoms with Crippen molar-refractivity contribution in [2.24, 2.45) is 11.3 Å².